The molecule has 0 aromatic heterocycles. The number of carbonyl (C=O) groups excluding carboxylic acids is 4. The van der Waals surface area contributed by atoms with E-state index >= 15 is 0 Å². The number of rotatable bonds is 12. The standard InChI is InChI=1S/2C24H31N3O3S/c2*1-14(2)12-20(24(29)26-17-10-11-30-15(17)3)27-23(28)16-8-9-22-19(13-16)25-18-6-4-5-7-21(18)31-22/h2*4-9,13-15,17,19-20,22,25H,10-12H2,1-3H3,(H,26,29)(H,27,28)/t15-,17+,19?,20-,22?;15-,17-,19?,20+,22?/m10/s1. The lowest BCUT2D eigenvalue weighted by Crippen LogP contribution is -2.52. The van der Waals surface area contributed by atoms with E-state index in [0.717, 1.165) is 24.2 Å². The minimum absolute atomic E-state index is 0.00183. The van der Waals surface area contributed by atoms with Gasteiger partial charge in [-0.15, -0.1) is 23.5 Å². The van der Waals surface area contributed by atoms with E-state index < -0.39 is 12.1 Å². The van der Waals surface area contributed by atoms with Crippen molar-refractivity contribution in [3.05, 3.63) is 96.1 Å². The second-order valence-corrected chi connectivity index (χ2v) is 20.2. The van der Waals surface area contributed by atoms with Crippen molar-refractivity contribution in [2.45, 2.75) is 136 Å². The second-order valence-electron chi connectivity index (χ2n) is 17.7. The Morgan fingerprint density at radius 2 is 1.05 bits per heavy atom. The van der Waals surface area contributed by atoms with Crippen LogP contribution in [0.5, 0.6) is 0 Å². The van der Waals surface area contributed by atoms with Crippen LogP contribution < -0.4 is 31.9 Å². The lowest BCUT2D eigenvalue weighted by molar-refractivity contribution is -0.128. The highest BCUT2D eigenvalue weighted by Gasteiger charge is 2.34. The van der Waals surface area contributed by atoms with Crippen LogP contribution in [-0.2, 0) is 28.7 Å². The zero-order valence-corrected chi connectivity index (χ0v) is 38.2. The maximum atomic E-state index is 13.0. The Bertz CT molecular complexity index is 1940. The first-order valence-electron chi connectivity index (χ1n) is 22.1. The molecule has 2 aromatic carbocycles. The molecular weight excluding hydrogens is 821 g/mol. The van der Waals surface area contributed by atoms with Crippen LogP contribution in [-0.4, -0.2) is 95.8 Å². The molecule has 2 aliphatic carbocycles. The SMILES string of the molecule is CC(C)C[C@@H](NC(=O)C1=CC2Nc3ccccc3SC2C=C1)C(=O)N[C@H]1CCO[C@@H]1C.CC(C)C[C@@H](NC(=O)C1=CC2Nc3ccccc3SC2C=C1)C(=O)N[C@H]1CCO[C@H]1C. The predicted octanol–water partition coefficient (Wildman–Crippen LogP) is 6.52. The second kappa shape index (κ2) is 20.8. The molecular formula is C48H62N6O6S2. The van der Waals surface area contributed by atoms with Crippen molar-refractivity contribution >= 4 is 58.5 Å². The minimum atomic E-state index is -0.568. The number of anilines is 2. The lowest BCUT2D eigenvalue weighted by Gasteiger charge is -2.33. The highest BCUT2D eigenvalue weighted by Crippen LogP contribution is 2.41. The molecule has 6 aliphatic rings. The van der Waals surface area contributed by atoms with Gasteiger partial charge in [0.05, 0.1) is 46.9 Å². The Morgan fingerprint density at radius 1 is 0.645 bits per heavy atom. The third kappa shape index (κ3) is 11.5. The molecule has 12 nitrogen and oxygen atoms in total. The van der Waals surface area contributed by atoms with Crippen LogP contribution in [0.2, 0.25) is 0 Å². The number of para-hydroxylation sites is 2. The maximum absolute atomic E-state index is 13.0. The molecule has 4 unspecified atom stereocenters. The normalized spacial score (nSPS) is 27.5. The number of amides is 4. The molecule has 0 spiro atoms. The summed E-state index contributed by atoms with van der Waals surface area (Å²) in [5.41, 5.74) is 3.36. The summed E-state index contributed by atoms with van der Waals surface area (Å²) in [6, 6.07) is 15.4. The molecule has 0 radical (unpaired) electrons. The minimum Gasteiger partial charge on any atom is -0.376 e. The van der Waals surface area contributed by atoms with Crippen molar-refractivity contribution in [1.29, 1.82) is 0 Å². The summed E-state index contributed by atoms with van der Waals surface area (Å²) in [4.78, 5) is 54.4. The van der Waals surface area contributed by atoms with E-state index in [2.05, 4.69) is 96.0 Å². The monoisotopic (exact) mass is 882 g/mol. The van der Waals surface area contributed by atoms with Gasteiger partial charge in [-0.1, -0.05) is 76.3 Å². The molecule has 10 atom stereocenters. The van der Waals surface area contributed by atoms with Crippen molar-refractivity contribution < 1.29 is 28.7 Å². The summed E-state index contributed by atoms with van der Waals surface area (Å²) in [7, 11) is 0. The summed E-state index contributed by atoms with van der Waals surface area (Å²) in [5, 5.41) is 19.6. The van der Waals surface area contributed by atoms with Gasteiger partial charge in [-0.3, -0.25) is 19.2 Å². The van der Waals surface area contributed by atoms with Gasteiger partial charge in [0.1, 0.15) is 12.1 Å². The smallest absolute Gasteiger partial charge is 0.251 e. The van der Waals surface area contributed by atoms with Gasteiger partial charge >= 0.3 is 0 Å². The van der Waals surface area contributed by atoms with E-state index in [-0.39, 0.29) is 82.3 Å². The highest BCUT2D eigenvalue weighted by molar-refractivity contribution is 8.00. The van der Waals surface area contributed by atoms with E-state index in [9.17, 15) is 19.2 Å². The van der Waals surface area contributed by atoms with Crippen molar-refractivity contribution in [2.75, 3.05) is 23.8 Å². The molecule has 8 rings (SSSR count). The van der Waals surface area contributed by atoms with Gasteiger partial charge < -0.3 is 41.4 Å². The topological polar surface area (TPSA) is 159 Å². The highest BCUT2D eigenvalue weighted by atomic mass is 32.2. The van der Waals surface area contributed by atoms with Crippen LogP contribution in [0.25, 0.3) is 0 Å². The largest absolute Gasteiger partial charge is 0.376 e. The Balaban J connectivity index is 0.000000186. The fourth-order valence-electron chi connectivity index (χ4n) is 8.43. The first-order chi connectivity index (χ1) is 29.8. The number of nitrogens with one attached hydrogen (secondary N) is 6. The molecule has 62 heavy (non-hydrogen) atoms. The maximum Gasteiger partial charge on any atom is 0.251 e. The molecule has 332 valence electrons. The molecule has 2 saturated heterocycles. The van der Waals surface area contributed by atoms with Crippen molar-refractivity contribution in [3.8, 4) is 0 Å². The van der Waals surface area contributed by atoms with Crippen molar-refractivity contribution in [1.82, 2.24) is 21.3 Å². The van der Waals surface area contributed by atoms with E-state index in [1.165, 1.54) is 9.79 Å². The molecule has 4 amide bonds. The third-order valence-electron chi connectivity index (χ3n) is 11.9. The predicted molar refractivity (Wildman–Crippen MR) is 248 cm³/mol. The van der Waals surface area contributed by atoms with Crippen LogP contribution in [0, 0.1) is 11.8 Å². The van der Waals surface area contributed by atoms with Crippen LogP contribution >= 0.6 is 23.5 Å². The Labute approximate surface area is 374 Å². The Kier molecular flexibility index (Phi) is 15.3. The molecule has 0 saturated carbocycles. The number of fused-ring (bicyclic) bond motifs is 4. The van der Waals surface area contributed by atoms with Gasteiger partial charge in [0.15, 0.2) is 0 Å². The fraction of sp³-hybridized carbons (Fsp3) is 0.500. The van der Waals surface area contributed by atoms with Gasteiger partial charge in [0.25, 0.3) is 11.8 Å². The van der Waals surface area contributed by atoms with Crippen LogP contribution in [0.15, 0.2) is 106 Å². The van der Waals surface area contributed by atoms with E-state index in [1.807, 2.05) is 62.4 Å². The number of benzene rings is 2. The van der Waals surface area contributed by atoms with Gasteiger partial charge in [-0.25, -0.2) is 0 Å². The van der Waals surface area contributed by atoms with Crippen LogP contribution in [0.4, 0.5) is 11.4 Å². The van der Waals surface area contributed by atoms with E-state index in [0.29, 0.717) is 37.2 Å². The van der Waals surface area contributed by atoms with Crippen molar-refractivity contribution in [2.24, 2.45) is 11.8 Å². The number of ether oxygens (including phenoxy) is 2. The third-order valence-corrected chi connectivity index (χ3v) is 14.6. The van der Waals surface area contributed by atoms with Gasteiger partial charge in [-0.2, -0.15) is 0 Å². The zero-order valence-electron chi connectivity index (χ0n) is 36.5. The quantitative estimate of drug-likeness (QED) is 0.139. The molecule has 4 heterocycles. The summed E-state index contributed by atoms with van der Waals surface area (Å²) >= 11 is 3.60. The zero-order chi connectivity index (χ0) is 43.9. The fourth-order valence-corrected chi connectivity index (χ4v) is 10.7. The van der Waals surface area contributed by atoms with Crippen LogP contribution in [0.1, 0.15) is 67.2 Å². The molecule has 0 bridgehead atoms. The molecule has 4 aliphatic heterocycles. The van der Waals surface area contributed by atoms with E-state index in [1.54, 1.807) is 23.5 Å². The summed E-state index contributed by atoms with van der Waals surface area (Å²) < 4.78 is 11.1. The van der Waals surface area contributed by atoms with Crippen LogP contribution in [0.3, 0.4) is 0 Å². The van der Waals surface area contributed by atoms with Gasteiger partial charge in [-0.05, 0) is 87.8 Å². The number of thioether (sulfide) groups is 2. The number of carbonyl (C=O) groups is 4. The first kappa shape index (κ1) is 45.5. The molecule has 2 aromatic rings. The number of hydrogen-bond acceptors (Lipinski definition) is 10. The molecule has 2 fully saturated rings. The Hall–Kier alpha value is -4.50. The number of hydrogen-bond donors (Lipinski definition) is 6. The summed E-state index contributed by atoms with van der Waals surface area (Å²) in [5.74, 6) is -0.136. The van der Waals surface area contributed by atoms with E-state index in [4.69, 9.17) is 9.47 Å². The summed E-state index contributed by atoms with van der Waals surface area (Å²) in [6.07, 6.45) is 14.6. The average molecular weight is 883 g/mol. The van der Waals surface area contributed by atoms with Crippen molar-refractivity contribution in [3.63, 3.8) is 0 Å². The lowest BCUT2D eigenvalue weighted by atomic mass is 9.98. The average Bonchev–Trinajstić information content (AvgIpc) is 3.86. The van der Waals surface area contributed by atoms with Gasteiger partial charge in [0.2, 0.25) is 11.8 Å². The molecule has 6 N–H and O–H groups in total. The first-order valence-corrected chi connectivity index (χ1v) is 23.9. The molecule has 14 heteroatoms. The van der Waals surface area contributed by atoms with Gasteiger partial charge in [0, 0.05) is 45.5 Å². The Morgan fingerprint density at radius 3 is 1.42 bits per heavy atom. The summed E-state index contributed by atoms with van der Waals surface area (Å²) in [6.45, 7) is 13.5.